The molecule has 400 valence electrons. The van der Waals surface area contributed by atoms with Gasteiger partial charge in [0.05, 0.1) is 28.1 Å². The molecule has 12 rings (SSSR count). The van der Waals surface area contributed by atoms with Crippen molar-refractivity contribution in [2.75, 3.05) is 4.90 Å². The van der Waals surface area contributed by atoms with Crippen molar-refractivity contribution < 1.29 is 0 Å². The molecule has 0 fully saturated rings. The fraction of sp³-hybridized carbons (Fsp3) is 0.256. The normalized spacial score (nSPS) is 12.9. The number of hydrogen-bond acceptors (Lipinski definition) is 1. The Morgan fingerprint density at radius 1 is 0.287 bits per heavy atom. The van der Waals surface area contributed by atoms with Gasteiger partial charge in [-0.05, 0) is 147 Å². The Bertz CT molecular complexity index is 4230. The molecule has 1 aromatic heterocycles. The summed E-state index contributed by atoms with van der Waals surface area (Å²) in [5.74, 6) is 0. The van der Waals surface area contributed by atoms with Gasteiger partial charge in [0, 0.05) is 32.8 Å². The van der Waals surface area contributed by atoms with Crippen molar-refractivity contribution in [3.63, 3.8) is 0 Å². The molecule has 11 aromatic carbocycles. The van der Waals surface area contributed by atoms with Crippen LogP contribution < -0.4 is 4.90 Å². The van der Waals surface area contributed by atoms with Crippen molar-refractivity contribution in [1.82, 2.24) is 4.57 Å². The Morgan fingerprint density at radius 2 is 0.750 bits per heavy atom. The van der Waals surface area contributed by atoms with Crippen LogP contribution >= 0.6 is 0 Å². The van der Waals surface area contributed by atoms with Crippen LogP contribution in [0.25, 0.3) is 93.2 Å². The number of nitrogens with zero attached hydrogens (tertiary/aromatic N) is 2. The van der Waals surface area contributed by atoms with E-state index in [0.29, 0.717) is 0 Å². The van der Waals surface area contributed by atoms with Crippen LogP contribution in [0.2, 0.25) is 0 Å². The second kappa shape index (κ2) is 18.8. The summed E-state index contributed by atoms with van der Waals surface area (Å²) < 4.78 is 2.48. The lowest BCUT2D eigenvalue weighted by Crippen LogP contribution is -2.18. The molecule has 0 aliphatic carbocycles. The topological polar surface area (TPSA) is 8.17 Å². The molecule has 0 unspecified atom stereocenters. The van der Waals surface area contributed by atoms with E-state index in [0.717, 1.165) is 17.1 Å². The maximum absolute atomic E-state index is 2.59. The molecular formula is C78H78N2. The molecular weight excluding hydrogens is 965 g/mol. The first-order chi connectivity index (χ1) is 37.8. The third kappa shape index (κ3) is 9.35. The van der Waals surface area contributed by atoms with Gasteiger partial charge < -0.3 is 9.47 Å². The van der Waals surface area contributed by atoms with Crippen LogP contribution in [0.5, 0.6) is 0 Å². The van der Waals surface area contributed by atoms with Crippen LogP contribution in [0.3, 0.4) is 0 Å². The van der Waals surface area contributed by atoms with Gasteiger partial charge in [0.1, 0.15) is 0 Å². The highest BCUT2D eigenvalue weighted by molar-refractivity contribution is 6.27. The second-order valence-corrected chi connectivity index (χ2v) is 28.0. The summed E-state index contributed by atoms with van der Waals surface area (Å²) in [6.07, 6.45) is 0. The van der Waals surface area contributed by atoms with E-state index in [1.807, 2.05) is 0 Å². The van der Waals surface area contributed by atoms with Gasteiger partial charge in [0.25, 0.3) is 0 Å². The highest BCUT2D eigenvalue weighted by Crippen LogP contribution is 2.50. The number of para-hydroxylation sites is 2. The number of benzene rings is 11. The second-order valence-electron chi connectivity index (χ2n) is 28.0. The molecule has 2 nitrogen and oxygen atoms in total. The fourth-order valence-electron chi connectivity index (χ4n) is 12.2. The number of anilines is 3. The summed E-state index contributed by atoms with van der Waals surface area (Å²) in [5.41, 5.74) is 20.8. The van der Waals surface area contributed by atoms with Crippen LogP contribution in [-0.2, 0) is 27.1 Å². The predicted molar refractivity (Wildman–Crippen MR) is 349 cm³/mol. The van der Waals surface area contributed by atoms with E-state index in [2.05, 4.69) is 314 Å². The predicted octanol–water partition coefficient (Wildman–Crippen LogP) is 22.6. The first-order valence-corrected chi connectivity index (χ1v) is 29.0. The molecule has 0 amide bonds. The number of aromatic nitrogens is 1. The quantitative estimate of drug-likeness (QED) is 0.144. The van der Waals surface area contributed by atoms with Crippen molar-refractivity contribution in [2.45, 2.75) is 131 Å². The van der Waals surface area contributed by atoms with Crippen LogP contribution in [0.1, 0.15) is 132 Å². The van der Waals surface area contributed by atoms with Gasteiger partial charge in [-0.2, -0.15) is 0 Å². The SMILES string of the molecule is CC(C)(C)c1cc(-c2ccc(-c3cccc(N(c4cc(C(C)(C)C)ccc4-c4cc(C(C)(C)C)cc(C(C)(C)C)c4)c4ccc5ccc6c(-n7c8ccccc8c8ccccc87)ccc7ccc4c5c76)c3)cc2)cc(C(C)(C)C)c1. The van der Waals surface area contributed by atoms with E-state index in [4.69, 9.17) is 0 Å². The van der Waals surface area contributed by atoms with Gasteiger partial charge in [-0.3, -0.25) is 0 Å². The summed E-state index contributed by atoms with van der Waals surface area (Å²) >= 11 is 0. The van der Waals surface area contributed by atoms with Crippen molar-refractivity contribution >= 4 is 71.2 Å². The third-order valence-electron chi connectivity index (χ3n) is 17.1. The zero-order chi connectivity index (χ0) is 56.4. The molecule has 0 radical (unpaired) electrons. The first-order valence-electron chi connectivity index (χ1n) is 29.0. The lowest BCUT2D eigenvalue weighted by Gasteiger charge is -2.33. The molecule has 1 heterocycles. The highest BCUT2D eigenvalue weighted by atomic mass is 15.1. The molecule has 12 aromatic rings. The summed E-state index contributed by atoms with van der Waals surface area (Å²) in [7, 11) is 0. The molecule has 0 saturated heterocycles. The Hall–Kier alpha value is -7.94. The minimum Gasteiger partial charge on any atom is -0.309 e. The van der Waals surface area contributed by atoms with Crippen LogP contribution in [-0.4, -0.2) is 4.57 Å². The summed E-state index contributed by atoms with van der Waals surface area (Å²) in [6, 6.07) is 77.0. The van der Waals surface area contributed by atoms with Crippen LogP contribution in [0, 0.1) is 0 Å². The minimum atomic E-state index is -0.113. The molecule has 0 spiro atoms. The largest absolute Gasteiger partial charge is 0.309 e. The van der Waals surface area contributed by atoms with Gasteiger partial charge in [-0.15, -0.1) is 0 Å². The summed E-state index contributed by atoms with van der Waals surface area (Å²) in [6.45, 7) is 35.0. The molecule has 0 atom stereocenters. The van der Waals surface area contributed by atoms with E-state index >= 15 is 0 Å². The van der Waals surface area contributed by atoms with Crippen molar-refractivity contribution in [1.29, 1.82) is 0 Å². The van der Waals surface area contributed by atoms with E-state index in [9.17, 15) is 0 Å². The van der Waals surface area contributed by atoms with Gasteiger partial charge in [0.2, 0.25) is 0 Å². The number of hydrogen-bond donors (Lipinski definition) is 0. The minimum absolute atomic E-state index is 0.0317. The van der Waals surface area contributed by atoms with Crippen LogP contribution in [0.4, 0.5) is 17.1 Å². The van der Waals surface area contributed by atoms with E-state index in [1.165, 1.54) is 121 Å². The highest BCUT2D eigenvalue weighted by Gasteiger charge is 2.28. The molecule has 0 bridgehead atoms. The standard InChI is InChI=1S/C78H78N2/c1-74(2,3)56-35-38-62(55-43-59(77(10,11)12)47-60(44-55)78(13,14)15)71(48-56)79(61-22-20-21-53(45-61)49-27-29-50(30-28-49)54-41-57(75(4,5)6)46-58(42-54)76(7,8)9)69-39-33-51-32-37-66-70(40-34-52-31-36-65(69)72(51)73(52)66)80-67-25-18-16-23-63(67)64-24-17-19-26-68(64)80/h16-48H,1-15H3. The molecule has 0 saturated carbocycles. The smallest absolute Gasteiger partial charge is 0.0543 e. The average Bonchev–Trinajstić information content (AvgIpc) is 3.80. The average molecular weight is 1040 g/mol. The fourth-order valence-corrected chi connectivity index (χ4v) is 12.2. The first kappa shape index (κ1) is 52.7. The number of rotatable bonds is 7. The summed E-state index contributed by atoms with van der Waals surface area (Å²) in [4.78, 5) is 2.59. The van der Waals surface area contributed by atoms with Crippen molar-refractivity contribution in [3.05, 3.63) is 228 Å². The van der Waals surface area contributed by atoms with Crippen molar-refractivity contribution in [3.8, 4) is 39.1 Å². The van der Waals surface area contributed by atoms with E-state index in [1.54, 1.807) is 0 Å². The molecule has 2 heteroatoms. The number of fused-ring (bicyclic) bond motifs is 3. The lowest BCUT2D eigenvalue weighted by atomic mass is 9.78. The Kier molecular flexibility index (Phi) is 12.4. The van der Waals surface area contributed by atoms with Gasteiger partial charge >= 0.3 is 0 Å². The lowest BCUT2D eigenvalue weighted by molar-refractivity contribution is 0.568. The Balaban J connectivity index is 1.11. The van der Waals surface area contributed by atoms with Crippen molar-refractivity contribution in [2.24, 2.45) is 0 Å². The molecule has 0 aliphatic rings. The van der Waals surface area contributed by atoms with E-state index in [-0.39, 0.29) is 27.1 Å². The third-order valence-corrected chi connectivity index (χ3v) is 17.1. The summed E-state index contributed by atoms with van der Waals surface area (Å²) in [5, 5.41) is 10.0. The maximum Gasteiger partial charge on any atom is 0.0543 e. The Labute approximate surface area is 476 Å². The zero-order valence-corrected chi connectivity index (χ0v) is 49.9. The molecule has 0 aliphatic heterocycles. The Morgan fingerprint density at radius 3 is 1.29 bits per heavy atom. The molecule has 80 heavy (non-hydrogen) atoms. The van der Waals surface area contributed by atoms with Crippen LogP contribution in [0.15, 0.2) is 200 Å². The van der Waals surface area contributed by atoms with Gasteiger partial charge in [0.15, 0.2) is 0 Å². The zero-order valence-electron chi connectivity index (χ0n) is 49.9. The van der Waals surface area contributed by atoms with E-state index < -0.39 is 0 Å². The van der Waals surface area contributed by atoms with Gasteiger partial charge in [-0.25, -0.2) is 0 Å². The molecule has 0 N–H and O–H groups in total. The monoisotopic (exact) mass is 1040 g/mol. The van der Waals surface area contributed by atoms with Gasteiger partial charge in [-0.1, -0.05) is 262 Å². The maximum atomic E-state index is 2.59.